The topological polar surface area (TPSA) is 38.3 Å². The Morgan fingerprint density at radius 3 is 2.65 bits per heavy atom. The molecule has 0 aromatic heterocycles. The molecule has 0 aliphatic carbocycles. The van der Waals surface area contributed by atoms with Crippen molar-refractivity contribution in [3.8, 4) is 0 Å². The predicted octanol–water partition coefficient (Wildman–Crippen LogP) is 2.68. The molecule has 1 aromatic carbocycles. The summed E-state index contributed by atoms with van der Waals surface area (Å²) in [4.78, 5) is 11.5. The second-order valence-corrected chi connectivity index (χ2v) is 4.01. The number of hydrogen-bond donors (Lipinski definition) is 1. The largest absolute Gasteiger partial charge is 0.466 e. The van der Waals surface area contributed by atoms with E-state index in [0.29, 0.717) is 6.61 Å². The molecule has 0 spiro atoms. The summed E-state index contributed by atoms with van der Waals surface area (Å²) in [6, 6.07) is 9.80. The lowest BCUT2D eigenvalue weighted by molar-refractivity contribution is -0.143. The Morgan fingerprint density at radius 1 is 1.41 bits per heavy atom. The van der Waals surface area contributed by atoms with Gasteiger partial charge in [0, 0.05) is 13.5 Å². The SMILES string of the molecule is [2H][C@@H](C(=O)OCC)[C@@H](C)N[C@H](C)c1ccccc1. The van der Waals surface area contributed by atoms with Crippen LogP contribution in [-0.2, 0) is 9.53 Å². The maximum atomic E-state index is 11.5. The summed E-state index contributed by atoms with van der Waals surface area (Å²) in [6.45, 7) is 5.90. The van der Waals surface area contributed by atoms with Gasteiger partial charge in [-0.2, -0.15) is 0 Å². The van der Waals surface area contributed by atoms with Crippen LogP contribution in [0.25, 0.3) is 0 Å². The lowest BCUT2D eigenvalue weighted by Gasteiger charge is -2.19. The van der Waals surface area contributed by atoms with Crippen molar-refractivity contribution in [1.82, 2.24) is 5.32 Å². The van der Waals surface area contributed by atoms with Crippen molar-refractivity contribution in [2.24, 2.45) is 0 Å². The van der Waals surface area contributed by atoms with Crippen LogP contribution in [-0.4, -0.2) is 18.6 Å². The first-order chi connectivity index (χ1) is 8.56. The summed E-state index contributed by atoms with van der Waals surface area (Å²) in [5.74, 6) is -0.474. The zero-order valence-corrected chi connectivity index (χ0v) is 10.6. The molecule has 0 heterocycles. The van der Waals surface area contributed by atoms with Crippen LogP contribution in [0.4, 0.5) is 0 Å². The lowest BCUT2D eigenvalue weighted by atomic mass is 10.1. The highest BCUT2D eigenvalue weighted by Crippen LogP contribution is 2.12. The summed E-state index contributed by atoms with van der Waals surface area (Å²) < 4.78 is 12.7. The molecule has 17 heavy (non-hydrogen) atoms. The number of rotatable bonds is 6. The molecule has 1 aromatic rings. The van der Waals surface area contributed by atoms with Gasteiger partial charge in [0.15, 0.2) is 0 Å². The molecule has 0 aliphatic rings. The van der Waals surface area contributed by atoms with Gasteiger partial charge >= 0.3 is 5.97 Å². The first-order valence-electron chi connectivity index (χ1n) is 6.53. The van der Waals surface area contributed by atoms with Crippen LogP contribution >= 0.6 is 0 Å². The van der Waals surface area contributed by atoms with E-state index in [1.807, 2.05) is 44.2 Å². The van der Waals surface area contributed by atoms with Crippen LogP contribution < -0.4 is 5.32 Å². The van der Waals surface area contributed by atoms with Gasteiger partial charge in [0.05, 0.1) is 13.0 Å². The molecular formula is C14H21NO2. The van der Waals surface area contributed by atoms with E-state index in [0.717, 1.165) is 5.56 Å². The second kappa shape index (κ2) is 7.07. The van der Waals surface area contributed by atoms with Crippen LogP contribution in [0, 0.1) is 0 Å². The van der Waals surface area contributed by atoms with Crippen LogP contribution in [0.1, 0.15) is 40.1 Å². The standard InChI is InChI=1S/C14H21NO2/c1-4-17-14(16)10-11(2)15-12(3)13-8-6-5-7-9-13/h5-9,11-12,15H,4,10H2,1-3H3/t11-,12-/m1/s1/i10D/t10-,11-,12-. The van der Waals surface area contributed by atoms with Crippen molar-refractivity contribution in [3.05, 3.63) is 35.9 Å². The van der Waals surface area contributed by atoms with Crippen molar-refractivity contribution < 1.29 is 10.9 Å². The van der Waals surface area contributed by atoms with E-state index in [4.69, 9.17) is 6.11 Å². The van der Waals surface area contributed by atoms with Gasteiger partial charge in [0.1, 0.15) is 0 Å². The third-order valence-corrected chi connectivity index (χ3v) is 2.49. The minimum absolute atomic E-state index is 0.100. The number of benzene rings is 1. The van der Waals surface area contributed by atoms with Gasteiger partial charge in [0.2, 0.25) is 0 Å². The molecule has 0 saturated carbocycles. The van der Waals surface area contributed by atoms with Gasteiger partial charge in [-0.3, -0.25) is 4.79 Å². The quantitative estimate of drug-likeness (QED) is 0.772. The van der Waals surface area contributed by atoms with Gasteiger partial charge in [0.25, 0.3) is 0 Å². The smallest absolute Gasteiger partial charge is 0.307 e. The number of hydrogen-bond acceptors (Lipinski definition) is 3. The molecule has 0 radical (unpaired) electrons. The molecule has 3 heteroatoms. The van der Waals surface area contributed by atoms with Gasteiger partial charge < -0.3 is 10.1 Å². The van der Waals surface area contributed by atoms with E-state index in [2.05, 4.69) is 5.32 Å². The average molecular weight is 236 g/mol. The molecule has 0 unspecified atom stereocenters. The van der Waals surface area contributed by atoms with E-state index in [-0.39, 0.29) is 12.1 Å². The Kier molecular flexibility index (Phi) is 5.04. The van der Waals surface area contributed by atoms with E-state index in [9.17, 15) is 4.79 Å². The fraction of sp³-hybridized carbons (Fsp3) is 0.500. The fourth-order valence-electron chi connectivity index (χ4n) is 1.67. The van der Waals surface area contributed by atoms with E-state index in [1.54, 1.807) is 6.92 Å². The molecule has 0 aliphatic heterocycles. The summed E-state index contributed by atoms with van der Waals surface area (Å²) in [6.07, 6.45) is -0.892. The minimum atomic E-state index is -0.892. The lowest BCUT2D eigenvalue weighted by Crippen LogP contribution is -2.31. The normalized spacial score (nSPS) is 16.8. The third kappa shape index (κ3) is 5.00. The van der Waals surface area contributed by atoms with Crippen LogP contribution in [0.15, 0.2) is 30.3 Å². The molecular weight excluding hydrogens is 214 g/mol. The predicted molar refractivity (Wildman–Crippen MR) is 68.7 cm³/mol. The van der Waals surface area contributed by atoms with Gasteiger partial charge in [-0.15, -0.1) is 0 Å². The Labute approximate surface area is 105 Å². The van der Waals surface area contributed by atoms with Crippen LogP contribution in [0.5, 0.6) is 0 Å². The first-order valence-corrected chi connectivity index (χ1v) is 5.96. The molecule has 3 nitrogen and oxygen atoms in total. The fourth-order valence-corrected chi connectivity index (χ4v) is 1.67. The molecule has 3 atom stereocenters. The van der Waals surface area contributed by atoms with E-state index < -0.39 is 12.4 Å². The van der Waals surface area contributed by atoms with E-state index >= 15 is 0 Å². The number of carbonyl (C=O) groups excluding carboxylic acids is 1. The number of ether oxygens (including phenoxy) is 1. The Hall–Kier alpha value is -1.35. The summed E-state index contributed by atoms with van der Waals surface area (Å²) in [5.41, 5.74) is 1.14. The van der Waals surface area contributed by atoms with Crippen molar-refractivity contribution >= 4 is 5.97 Å². The zero-order valence-electron chi connectivity index (χ0n) is 11.6. The van der Waals surface area contributed by atoms with Gasteiger partial charge in [-0.05, 0) is 26.3 Å². The van der Waals surface area contributed by atoms with Crippen molar-refractivity contribution in [3.63, 3.8) is 0 Å². The Morgan fingerprint density at radius 2 is 2.06 bits per heavy atom. The number of esters is 1. The zero-order chi connectivity index (χ0) is 13.5. The highest BCUT2D eigenvalue weighted by atomic mass is 16.5. The Bertz CT molecular complexity index is 369. The summed E-state index contributed by atoms with van der Waals surface area (Å²) in [5, 5.41) is 3.25. The molecule has 1 N–H and O–H groups in total. The Balaban J connectivity index is 2.54. The van der Waals surface area contributed by atoms with Crippen molar-refractivity contribution in [1.29, 1.82) is 0 Å². The van der Waals surface area contributed by atoms with Gasteiger partial charge in [-0.1, -0.05) is 30.3 Å². The number of nitrogens with one attached hydrogen (secondary N) is 1. The van der Waals surface area contributed by atoms with Gasteiger partial charge in [-0.25, -0.2) is 0 Å². The molecule has 0 saturated heterocycles. The number of carbonyl (C=O) groups is 1. The molecule has 94 valence electrons. The third-order valence-electron chi connectivity index (χ3n) is 2.49. The van der Waals surface area contributed by atoms with Crippen LogP contribution in [0.2, 0.25) is 0 Å². The van der Waals surface area contributed by atoms with Crippen molar-refractivity contribution in [2.75, 3.05) is 6.61 Å². The molecule has 1 rings (SSSR count). The molecule has 0 fully saturated rings. The van der Waals surface area contributed by atoms with Crippen LogP contribution in [0.3, 0.4) is 0 Å². The monoisotopic (exact) mass is 236 g/mol. The highest BCUT2D eigenvalue weighted by molar-refractivity contribution is 5.70. The first kappa shape index (κ1) is 12.1. The molecule has 0 amide bonds. The maximum Gasteiger partial charge on any atom is 0.307 e. The highest BCUT2D eigenvalue weighted by Gasteiger charge is 2.13. The average Bonchev–Trinajstić information content (AvgIpc) is 2.39. The molecule has 0 bridgehead atoms. The summed E-state index contributed by atoms with van der Waals surface area (Å²) >= 11 is 0. The maximum absolute atomic E-state index is 11.5. The minimum Gasteiger partial charge on any atom is -0.466 e. The summed E-state index contributed by atoms with van der Waals surface area (Å²) in [7, 11) is 0. The van der Waals surface area contributed by atoms with Crippen molar-refractivity contribution in [2.45, 2.75) is 39.3 Å². The second-order valence-electron chi connectivity index (χ2n) is 4.01. The van der Waals surface area contributed by atoms with E-state index in [1.165, 1.54) is 0 Å².